The van der Waals surface area contributed by atoms with E-state index in [0.29, 0.717) is 0 Å². The van der Waals surface area contributed by atoms with Gasteiger partial charge in [-0.1, -0.05) is 41.9 Å². The number of benzene rings is 1. The average molecular weight is 377 g/mol. The molecule has 0 saturated carbocycles. The Labute approximate surface area is 129 Å². The maximum atomic E-state index is 13.7. The second-order valence-electron chi connectivity index (χ2n) is 3.78. The predicted octanol–water partition coefficient (Wildman–Crippen LogP) is 2.98. The first-order chi connectivity index (χ1) is 8.52. The number of carbonyl (C=O) groups is 1. The number of hydrogen-bond acceptors (Lipinski definition) is 2. The third-order valence-corrected chi connectivity index (χ3v) is 2.96. The fourth-order valence-electron chi connectivity index (χ4n) is 1.80. The molecule has 1 aromatic heterocycles. The second kappa shape index (κ2) is 6.34. The molecule has 1 heterocycles. The van der Waals surface area contributed by atoms with Gasteiger partial charge in [-0.2, -0.15) is 9.37 Å². The first-order valence-electron chi connectivity index (χ1n) is 5.24. The van der Waals surface area contributed by atoms with Crippen molar-refractivity contribution in [1.82, 2.24) is 9.55 Å². The van der Waals surface area contributed by atoms with Crippen LogP contribution in [0.1, 0.15) is 29.0 Å². The van der Waals surface area contributed by atoms with Crippen LogP contribution in [0.4, 0.5) is 4.39 Å². The van der Waals surface area contributed by atoms with Gasteiger partial charge in [0.1, 0.15) is 0 Å². The van der Waals surface area contributed by atoms with Gasteiger partial charge >= 0.3 is 5.97 Å². The van der Waals surface area contributed by atoms with Crippen molar-refractivity contribution in [1.29, 1.82) is 0 Å². The molecule has 1 aromatic carbocycles. The van der Waals surface area contributed by atoms with Crippen molar-refractivity contribution in [3.8, 4) is 0 Å². The van der Waals surface area contributed by atoms with Gasteiger partial charge in [0.05, 0.1) is 6.04 Å². The molecule has 0 fully saturated rings. The van der Waals surface area contributed by atoms with E-state index in [9.17, 15) is 9.18 Å². The topological polar surface area (TPSA) is 55.1 Å². The smallest absolute Gasteiger partial charge is 0.355 e. The van der Waals surface area contributed by atoms with Crippen LogP contribution in [-0.4, -0.2) is 20.6 Å². The van der Waals surface area contributed by atoms with Gasteiger partial charge in [0, 0.05) is 22.4 Å². The second-order valence-corrected chi connectivity index (χ2v) is 4.14. The van der Waals surface area contributed by atoms with Crippen molar-refractivity contribution in [2.75, 3.05) is 0 Å². The molecule has 0 amide bonds. The van der Waals surface area contributed by atoms with E-state index in [2.05, 4.69) is 4.98 Å². The number of imidazole rings is 1. The van der Waals surface area contributed by atoms with Crippen molar-refractivity contribution in [2.45, 2.75) is 13.0 Å². The van der Waals surface area contributed by atoms with E-state index in [4.69, 9.17) is 16.7 Å². The van der Waals surface area contributed by atoms with E-state index in [1.807, 2.05) is 6.07 Å². The molecule has 4 nitrogen and oxygen atoms in total. The molecule has 0 aliphatic rings. The molecule has 0 saturated heterocycles. The van der Waals surface area contributed by atoms with Gasteiger partial charge in [0.2, 0.25) is 0 Å². The Kier molecular flexibility index (Phi) is 5.31. The number of aromatic carboxylic acids is 1. The van der Waals surface area contributed by atoms with Gasteiger partial charge in [0.25, 0.3) is 6.08 Å². The van der Waals surface area contributed by atoms with Crippen LogP contribution in [0.5, 0.6) is 0 Å². The van der Waals surface area contributed by atoms with E-state index in [-0.39, 0.29) is 33.2 Å². The Morgan fingerprint density at radius 2 is 2.00 bits per heavy atom. The molecule has 0 unspecified atom stereocenters. The third-order valence-electron chi connectivity index (χ3n) is 2.70. The zero-order valence-electron chi connectivity index (χ0n) is 9.77. The molecule has 19 heavy (non-hydrogen) atoms. The monoisotopic (exact) mass is 375 g/mol. The van der Waals surface area contributed by atoms with E-state index in [1.165, 1.54) is 0 Å². The number of aromatic nitrogens is 2. The van der Waals surface area contributed by atoms with Crippen molar-refractivity contribution >= 4 is 17.6 Å². The zero-order chi connectivity index (χ0) is 13.3. The van der Waals surface area contributed by atoms with E-state index >= 15 is 0 Å². The largest absolute Gasteiger partial charge is 0.476 e. The normalized spacial score (nSPS) is 11.7. The SMILES string of the molecule is C[C@H](c1ccccc1)n1c(F)nc(Cl)c1C(=O)O.[Ag]. The Morgan fingerprint density at radius 3 is 2.53 bits per heavy atom. The number of rotatable bonds is 3. The summed E-state index contributed by atoms with van der Waals surface area (Å²) in [5, 5.41) is 8.70. The van der Waals surface area contributed by atoms with Crippen LogP contribution in [-0.2, 0) is 22.4 Å². The third kappa shape index (κ3) is 3.06. The minimum absolute atomic E-state index is 0. The number of nitrogens with zero attached hydrogens (tertiary/aromatic N) is 2. The summed E-state index contributed by atoms with van der Waals surface area (Å²) in [6.07, 6.45) is -0.909. The molecule has 0 bridgehead atoms. The van der Waals surface area contributed by atoms with Gasteiger partial charge in [-0.25, -0.2) is 4.79 Å². The van der Waals surface area contributed by atoms with Gasteiger partial charge in [-0.3, -0.25) is 4.57 Å². The van der Waals surface area contributed by atoms with Crippen LogP contribution in [0, 0.1) is 6.08 Å². The van der Waals surface area contributed by atoms with Crippen LogP contribution in [0.3, 0.4) is 0 Å². The van der Waals surface area contributed by atoms with Gasteiger partial charge in [0.15, 0.2) is 10.8 Å². The minimum atomic E-state index is -1.31. The Bertz CT molecular complexity index is 589. The van der Waals surface area contributed by atoms with Crippen LogP contribution in [0.25, 0.3) is 0 Å². The van der Waals surface area contributed by atoms with Crippen LogP contribution in [0.15, 0.2) is 30.3 Å². The Balaban J connectivity index is 0.00000180. The molecule has 7 heteroatoms. The predicted molar refractivity (Wildman–Crippen MR) is 64.4 cm³/mol. The van der Waals surface area contributed by atoms with E-state index in [0.717, 1.165) is 10.1 Å². The molecule has 2 aromatic rings. The molecule has 0 aliphatic heterocycles. The van der Waals surface area contributed by atoms with Crippen LogP contribution < -0.4 is 0 Å². The maximum Gasteiger partial charge on any atom is 0.355 e. The Hall–Kier alpha value is -1.14. The number of carboxylic acid groups (broad SMARTS) is 1. The molecular formula is C12H10AgClFN2O2. The van der Waals surface area contributed by atoms with Crippen LogP contribution >= 0.6 is 11.6 Å². The van der Waals surface area contributed by atoms with Crippen molar-refractivity contribution in [3.05, 3.63) is 52.8 Å². The van der Waals surface area contributed by atoms with Crippen molar-refractivity contribution < 1.29 is 36.7 Å². The molecular weight excluding hydrogens is 366 g/mol. The number of halogens is 2. The van der Waals surface area contributed by atoms with E-state index < -0.39 is 18.1 Å². The first-order valence-corrected chi connectivity index (χ1v) is 5.61. The number of hydrogen-bond donors (Lipinski definition) is 1. The molecule has 1 N–H and O–H groups in total. The summed E-state index contributed by atoms with van der Waals surface area (Å²) in [6, 6.07) is 8.47. The zero-order valence-corrected chi connectivity index (χ0v) is 12.0. The molecule has 1 radical (unpaired) electrons. The molecule has 2 rings (SSSR count). The first kappa shape index (κ1) is 15.9. The maximum absolute atomic E-state index is 13.7. The summed E-state index contributed by atoms with van der Waals surface area (Å²) >= 11 is 5.62. The molecule has 105 valence electrons. The molecule has 1 atom stereocenters. The van der Waals surface area contributed by atoms with Crippen molar-refractivity contribution in [2.24, 2.45) is 0 Å². The molecule has 0 aliphatic carbocycles. The standard InChI is InChI=1S/C12H10ClFN2O2.Ag/c1-7(8-5-3-2-4-6-8)16-9(11(17)18)10(13)15-12(16)14;/h2-7H,1H3,(H,17,18);/t7-;/m1./s1. The fourth-order valence-corrected chi connectivity index (χ4v) is 2.05. The average Bonchev–Trinajstić information content (AvgIpc) is 2.64. The van der Waals surface area contributed by atoms with Crippen LogP contribution in [0.2, 0.25) is 5.15 Å². The fraction of sp³-hybridized carbons (Fsp3) is 0.167. The van der Waals surface area contributed by atoms with Gasteiger partial charge in [-0.15, -0.1) is 0 Å². The summed E-state index contributed by atoms with van der Waals surface area (Å²) in [6.45, 7) is 1.68. The minimum Gasteiger partial charge on any atom is -0.476 e. The van der Waals surface area contributed by atoms with E-state index in [1.54, 1.807) is 31.2 Å². The van der Waals surface area contributed by atoms with Crippen molar-refractivity contribution in [3.63, 3.8) is 0 Å². The Morgan fingerprint density at radius 1 is 1.42 bits per heavy atom. The van der Waals surface area contributed by atoms with Gasteiger partial charge < -0.3 is 5.11 Å². The summed E-state index contributed by atoms with van der Waals surface area (Å²) in [4.78, 5) is 14.4. The summed E-state index contributed by atoms with van der Waals surface area (Å²) in [5.41, 5.74) is 0.429. The number of carboxylic acids is 1. The molecule has 0 spiro atoms. The summed E-state index contributed by atoms with van der Waals surface area (Å²) in [5.74, 6) is -1.31. The quantitative estimate of drug-likeness (QED) is 0.838. The van der Waals surface area contributed by atoms with Gasteiger partial charge in [-0.05, 0) is 12.5 Å². The summed E-state index contributed by atoms with van der Waals surface area (Å²) in [7, 11) is 0. The summed E-state index contributed by atoms with van der Waals surface area (Å²) < 4.78 is 14.6.